The Morgan fingerprint density at radius 1 is 1.67 bits per heavy atom. The fraction of sp³-hybridized carbons (Fsp3) is 0.625. The molecule has 1 N–H and O–H groups in total. The summed E-state index contributed by atoms with van der Waals surface area (Å²) in [5, 5.41) is 10.1. The smallest absolute Gasteiger partial charge is 0.153 e. The molecule has 2 rings (SSSR count). The standard InChI is InChI=1S/C8H11ClN2O/c1-5-10-8(9)7-6(12)3-2-4-11(5)7/h6,12H,2-4H2,1H3. The SMILES string of the molecule is Cc1nc(Cl)c2n1CCCC2O. The van der Waals surface area contributed by atoms with Gasteiger partial charge in [0.05, 0.1) is 11.8 Å². The molecule has 0 saturated carbocycles. The van der Waals surface area contributed by atoms with E-state index in [0.717, 1.165) is 30.9 Å². The van der Waals surface area contributed by atoms with Crippen molar-refractivity contribution in [3.8, 4) is 0 Å². The Morgan fingerprint density at radius 2 is 2.42 bits per heavy atom. The third-order valence-electron chi connectivity index (χ3n) is 2.33. The van der Waals surface area contributed by atoms with E-state index in [1.54, 1.807) is 0 Å². The van der Waals surface area contributed by atoms with E-state index in [4.69, 9.17) is 11.6 Å². The van der Waals surface area contributed by atoms with Gasteiger partial charge in [-0.1, -0.05) is 11.6 Å². The summed E-state index contributed by atoms with van der Waals surface area (Å²) in [4.78, 5) is 4.11. The third kappa shape index (κ3) is 1.04. The monoisotopic (exact) mass is 186 g/mol. The zero-order valence-electron chi connectivity index (χ0n) is 6.92. The van der Waals surface area contributed by atoms with Gasteiger partial charge in [-0.3, -0.25) is 0 Å². The number of aryl methyl sites for hydroxylation is 1. The molecule has 0 fully saturated rings. The molecule has 0 amide bonds. The summed E-state index contributed by atoms with van der Waals surface area (Å²) in [7, 11) is 0. The summed E-state index contributed by atoms with van der Waals surface area (Å²) in [6.07, 6.45) is 1.37. The van der Waals surface area contributed by atoms with Crippen molar-refractivity contribution in [2.45, 2.75) is 32.4 Å². The summed E-state index contributed by atoms with van der Waals surface area (Å²) < 4.78 is 2.00. The number of fused-ring (bicyclic) bond motifs is 1. The fourth-order valence-corrected chi connectivity index (χ4v) is 2.07. The predicted molar refractivity (Wildman–Crippen MR) is 46.2 cm³/mol. The van der Waals surface area contributed by atoms with Crippen molar-refractivity contribution in [3.63, 3.8) is 0 Å². The highest BCUT2D eigenvalue weighted by Crippen LogP contribution is 2.31. The van der Waals surface area contributed by atoms with Gasteiger partial charge in [-0.05, 0) is 19.8 Å². The maximum Gasteiger partial charge on any atom is 0.153 e. The highest BCUT2D eigenvalue weighted by molar-refractivity contribution is 6.30. The van der Waals surface area contributed by atoms with Gasteiger partial charge in [0.15, 0.2) is 5.15 Å². The van der Waals surface area contributed by atoms with Crippen molar-refractivity contribution in [1.29, 1.82) is 0 Å². The molecular weight excluding hydrogens is 176 g/mol. The largest absolute Gasteiger partial charge is 0.387 e. The van der Waals surface area contributed by atoms with Crippen LogP contribution in [0, 0.1) is 6.92 Å². The van der Waals surface area contributed by atoms with Crippen molar-refractivity contribution < 1.29 is 5.11 Å². The maximum atomic E-state index is 9.61. The highest BCUT2D eigenvalue weighted by atomic mass is 35.5. The minimum atomic E-state index is -0.424. The minimum Gasteiger partial charge on any atom is -0.387 e. The Labute approximate surface area is 76.0 Å². The van der Waals surface area contributed by atoms with Gasteiger partial charge in [-0.25, -0.2) is 4.98 Å². The second-order valence-corrected chi connectivity index (χ2v) is 3.50. The van der Waals surface area contributed by atoms with E-state index in [-0.39, 0.29) is 0 Å². The van der Waals surface area contributed by atoms with Crippen LogP contribution in [0.3, 0.4) is 0 Å². The predicted octanol–water partition coefficient (Wildman–Crippen LogP) is 1.67. The average molecular weight is 187 g/mol. The molecule has 4 heteroatoms. The third-order valence-corrected chi connectivity index (χ3v) is 2.61. The van der Waals surface area contributed by atoms with Gasteiger partial charge in [0, 0.05) is 6.54 Å². The zero-order chi connectivity index (χ0) is 8.72. The molecule has 1 aromatic heterocycles. The van der Waals surface area contributed by atoms with Crippen LogP contribution in [0.15, 0.2) is 0 Å². The van der Waals surface area contributed by atoms with E-state index in [9.17, 15) is 5.11 Å². The van der Waals surface area contributed by atoms with Gasteiger partial charge in [0.2, 0.25) is 0 Å². The Hall–Kier alpha value is -0.540. The minimum absolute atomic E-state index is 0.424. The first-order valence-corrected chi connectivity index (χ1v) is 4.48. The summed E-state index contributed by atoms with van der Waals surface area (Å²) >= 11 is 5.87. The Bertz CT molecular complexity index is 308. The molecule has 0 bridgehead atoms. The number of nitrogens with zero attached hydrogens (tertiary/aromatic N) is 2. The first-order valence-electron chi connectivity index (χ1n) is 4.10. The van der Waals surface area contributed by atoms with Crippen LogP contribution >= 0.6 is 11.6 Å². The van der Waals surface area contributed by atoms with Crippen molar-refractivity contribution in [1.82, 2.24) is 9.55 Å². The van der Waals surface area contributed by atoms with Gasteiger partial charge in [0.1, 0.15) is 5.82 Å². The van der Waals surface area contributed by atoms with Crippen LogP contribution in [-0.2, 0) is 6.54 Å². The van der Waals surface area contributed by atoms with Crippen LogP contribution in [0.5, 0.6) is 0 Å². The number of hydrogen-bond donors (Lipinski definition) is 1. The van der Waals surface area contributed by atoms with E-state index >= 15 is 0 Å². The van der Waals surface area contributed by atoms with Crippen LogP contribution in [-0.4, -0.2) is 14.7 Å². The summed E-state index contributed by atoms with van der Waals surface area (Å²) in [5.74, 6) is 0.897. The summed E-state index contributed by atoms with van der Waals surface area (Å²) in [6.45, 7) is 2.84. The van der Waals surface area contributed by atoms with Gasteiger partial charge in [-0.15, -0.1) is 0 Å². The molecule has 1 aromatic rings. The number of aliphatic hydroxyl groups excluding tert-OH is 1. The Balaban J connectivity index is 2.55. The molecule has 0 aliphatic carbocycles. The molecule has 1 aliphatic rings. The quantitative estimate of drug-likeness (QED) is 0.670. The van der Waals surface area contributed by atoms with Crippen molar-refractivity contribution in [2.24, 2.45) is 0 Å². The Kier molecular flexibility index (Phi) is 1.85. The van der Waals surface area contributed by atoms with Crippen LogP contribution in [0.25, 0.3) is 0 Å². The number of halogens is 1. The molecule has 1 unspecified atom stereocenters. The van der Waals surface area contributed by atoms with Gasteiger partial charge in [-0.2, -0.15) is 0 Å². The summed E-state index contributed by atoms with van der Waals surface area (Å²) in [5.41, 5.74) is 0.792. The van der Waals surface area contributed by atoms with Gasteiger partial charge in [0.25, 0.3) is 0 Å². The van der Waals surface area contributed by atoms with E-state index in [1.807, 2.05) is 11.5 Å². The van der Waals surface area contributed by atoms with E-state index in [2.05, 4.69) is 4.98 Å². The molecule has 1 aliphatic heterocycles. The molecular formula is C8H11ClN2O. The maximum absolute atomic E-state index is 9.61. The molecule has 0 radical (unpaired) electrons. The number of aromatic nitrogens is 2. The van der Waals surface area contributed by atoms with E-state index in [1.165, 1.54) is 0 Å². The average Bonchev–Trinajstić information content (AvgIpc) is 2.29. The second-order valence-electron chi connectivity index (χ2n) is 3.14. The normalized spacial score (nSPS) is 22.4. The van der Waals surface area contributed by atoms with Crippen LogP contribution in [0.1, 0.15) is 30.5 Å². The first-order chi connectivity index (χ1) is 5.70. The van der Waals surface area contributed by atoms with Gasteiger partial charge < -0.3 is 9.67 Å². The van der Waals surface area contributed by atoms with Crippen LogP contribution in [0.4, 0.5) is 0 Å². The van der Waals surface area contributed by atoms with E-state index in [0.29, 0.717) is 5.15 Å². The molecule has 12 heavy (non-hydrogen) atoms. The second kappa shape index (κ2) is 2.75. The molecule has 0 spiro atoms. The molecule has 0 aromatic carbocycles. The van der Waals surface area contributed by atoms with Crippen LogP contribution < -0.4 is 0 Å². The lowest BCUT2D eigenvalue weighted by molar-refractivity contribution is 0.138. The highest BCUT2D eigenvalue weighted by Gasteiger charge is 2.23. The number of rotatable bonds is 0. The number of aliphatic hydroxyl groups is 1. The molecule has 3 nitrogen and oxygen atoms in total. The topological polar surface area (TPSA) is 38.0 Å². The van der Waals surface area contributed by atoms with Crippen LogP contribution in [0.2, 0.25) is 5.15 Å². The van der Waals surface area contributed by atoms with Gasteiger partial charge >= 0.3 is 0 Å². The number of hydrogen-bond acceptors (Lipinski definition) is 2. The molecule has 2 heterocycles. The molecule has 66 valence electrons. The molecule has 0 saturated heterocycles. The summed E-state index contributed by atoms with van der Waals surface area (Å²) in [6, 6.07) is 0. The fourth-order valence-electron chi connectivity index (χ4n) is 1.72. The number of imidazole rings is 1. The lowest BCUT2D eigenvalue weighted by Crippen LogP contribution is -2.15. The zero-order valence-corrected chi connectivity index (χ0v) is 7.67. The van der Waals surface area contributed by atoms with E-state index < -0.39 is 6.10 Å². The van der Waals surface area contributed by atoms with Crippen molar-refractivity contribution >= 4 is 11.6 Å². The lowest BCUT2D eigenvalue weighted by atomic mass is 10.1. The Morgan fingerprint density at radius 3 is 3.08 bits per heavy atom. The molecule has 1 atom stereocenters. The lowest BCUT2D eigenvalue weighted by Gasteiger charge is -2.20. The van der Waals surface area contributed by atoms with Crippen molar-refractivity contribution in [3.05, 3.63) is 16.7 Å². The first kappa shape index (κ1) is 8.08. The van der Waals surface area contributed by atoms with Crippen molar-refractivity contribution in [2.75, 3.05) is 0 Å².